The number of imidazole rings is 1. The van der Waals surface area contributed by atoms with Crippen molar-refractivity contribution in [2.75, 3.05) is 0 Å². The van der Waals surface area contributed by atoms with Gasteiger partial charge in [-0.2, -0.15) is 0 Å². The average Bonchev–Trinajstić information content (AvgIpc) is 3.06. The fourth-order valence-corrected chi connectivity index (χ4v) is 3.00. The van der Waals surface area contributed by atoms with Crippen LogP contribution in [0.4, 0.5) is 0 Å². The van der Waals surface area contributed by atoms with Crippen LogP contribution in [0.15, 0.2) is 73.3 Å². The molecule has 1 aromatic carbocycles. The fraction of sp³-hybridized carbons (Fsp3) is 0.105. The number of halogens is 1. The number of rotatable bonds is 5. The van der Waals surface area contributed by atoms with E-state index in [0.29, 0.717) is 17.3 Å². The summed E-state index contributed by atoms with van der Waals surface area (Å²) in [5.74, 6) is 0.691. The summed E-state index contributed by atoms with van der Waals surface area (Å²) in [5.41, 5.74) is 2.92. The highest BCUT2D eigenvalue weighted by molar-refractivity contribution is 6.30. The number of benzene rings is 1. The smallest absolute Gasteiger partial charge is 0.233 e. The van der Waals surface area contributed by atoms with Crippen LogP contribution in [0.3, 0.4) is 0 Å². The van der Waals surface area contributed by atoms with Crippen molar-refractivity contribution in [1.29, 1.82) is 0 Å². The number of nitrogens with one attached hydrogen (secondary N) is 1. The molecule has 1 N–H and O–H groups in total. The monoisotopic (exact) mass is 349 g/mol. The third kappa shape index (κ3) is 3.52. The normalized spacial score (nSPS) is 12.4. The van der Waals surface area contributed by atoms with Crippen LogP contribution in [0.1, 0.15) is 23.0 Å². The first-order valence-electron chi connectivity index (χ1n) is 7.98. The largest absolute Gasteiger partial charge is 0.299 e. The minimum atomic E-state index is -0.0716. The van der Waals surface area contributed by atoms with E-state index < -0.39 is 0 Å². The van der Waals surface area contributed by atoms with Crippen molar-refractivity contribution in [2.24, 2.45) is 0 Å². The Bertz CT molecular complexity index is 950. The fourth-order valence-electron chi connectivity index (χ4n) is 2.80. The van der Waals surface area contributed by atoms with E-state index >= 15 is 0 Å². The Morgan fingerprint density at radius 3 is 2.76 bits per heavy atom. The summed E-state index contributed by atoms with van der Waals surface area (Å²) in [6, 6.07) is 15.5. The van der Waals surface area contributed by atoms with E-state index in [1.165, 1.54) is 0 Å². The molecule has 0 bridgehead atoms. The molecular weight excluding hydrogens is 334 g/mol. The van der Waals surface area contributed by atoms with E-state index in [2.05, 4.69) is 20.3 Å². The minimum Gasteiger partial charge on any atom is -0.299 e. The van der Waals surface area contributed by atoms with Gasteiger partial charge >= 0.3 is 0 Å². The van der Waals surface area contributed by atoms with Crippen molar-refractivity contribution in [1.82, 2.24) is 24.7 Å². The molecule has 25 heavy (non-hydrogen) atoms. The molecule has 0 aliphatic carbocycles. The van der Waals surface area contributed by atoms with E-state index in [9.17, 15) is 0 Å². The van der Waals surface area contributed by atoms with Gasteiger partial charge in [-0.05, 0) is 35.9 Å². The van der Waals surface area contributed by atoms with Gasteiger partial charge in [0.2, 0.25) is 5.78 Å². The van der Waals surface area contributed by atoms with E-state index in [1.54, 1.807) is 12.4 Å². The van der Waals surface area contributed by atoms with Crippen molar-refractivity contribution in [3.05, 3.63) is 95.3 Å². The molecule has 0 aliphatic rings. The number of nitrogens with zero attached hydrogens (tertiary/aromatic N) is 4. The molecule has 6 heteroatoms. The number of pyridine rings is 1. The second-order valence-electron chi connectivity index (χ2n) is 5.68. The Kier molecular flexibility index (Phi) is 4.41. The zero-order valence-corrected chi connectivity index (χ0v) is 14.1. The lowest BCUT2D eigenvalue weighted by Gasteiger charge is -2.18. The van der Waals surface area contributed by atoms with Crippen LogP contribution in [0, 0.1) is 0 Å². The molecule has 1 unspecified atom stereocenters. The highest BCUT2D eigenvalue weighted by Crippen LogP contribution is 2.23. The van der Waals surface area contributed by atoms with Gasteiger partial charge in [0.25, 0.3) is 0 Å². The van der Waals surface area contributed by atoms with Gasteiger partial charge < -0.3 is 0 Å². The minimum absolute atomic E-state index is 0.0716. The second-order valence-corrected chi connectivity index (χ2v) is 6.12. The summed E-state index contributed by atoms with van der Waals surface area (Å²) < 4.78 is 1.91. The van der Waals surface area contributed by atoms with Crippen LogP contribution in [0.25, 0.3) is 5.78 Å². The van der Waals surface area contributed by atoms with Gasteiger partial charge in [0.15, 0.2) is 0 Å². The standard InChI is InChI=1S/C19H16ClN5/c20-15-6-3-5-14(11-15)18(17-7-1-2-8-21-17)23-12-16-13-25-10-4-9-22-19(25)24-16/h1-11,13,18,23H,12H2. The van der Waals surface area contributed by atoms with Crippen molar-refractivity contribution < 1.29 is 0 Å². The Balaban J connectivity index is 1.62. The first kappa shape index (κ1) is 15.7. The third-order valence-electron chi connectivity index (χ3n) is 3.94. The van der Waals surface area contributed by atoms with Crippen LogP contribution < -0.4 is 5.32 Å². The van der Waals surface area contributed by atoms with E-state index in [1.807, 2.05) is 65.3 Å². The molecule has 0 saturated carbocycles. The highest BCUT2D eigenvalue weighted by Gasteiger charge is 2.16. The molecule has 0 saturated heterocycles. The first-order chi connectivity index (χ1) is 12.3. The van der Waals surface area contributed by atoms with Crippen molar-refractivity contribution >= 4 is 17.4 Å². The molecule has 0 fully saturated rings. The summed E-state index contributed by atoms with van der Waals surface area (Å²) in [6.07, 6.45) is 7.44. The van der Waals surface area contributed by atoms with Gasteiger partial charge in [-0.25, -0.2) is 9.97 Å². The summed E-state index contributed by atoms with van der Waals surface area (Å²) in [7, 11) is 0. The molecule has 124 valence electrons. The van der Waals surface area contributed by atoms with Gasteiger partial charge in [-0.1, -0.05) is 29.8 Å². The zero-order valence-electron chi connectivity index (χ0n) is 13.4. The molecule has 3 heterocycles. The van der Waals surface area contributed by atoms with Crippen molar-refractivity contribution in [3.63, 3.8) is 0 Å². The van der Waals surface area contributed by atoms with Gasteiger partial charge in [-0.15, -0.1) is 0 Å². The summed E-state index contributed by atoms with van der Waals surface area (Å²) in [4.78, 5) is 13.3. The average molecular weight is 350 g/mol. The summed E-state index contributed by atoms with van der Waals surface area (Å²) >= 11 is 6.17. The second kappa shape index (κ2) is 7.01. The van der Waals surface area contributed by atoms with Crippen molar-refractivity contribution in [3.8, 4) is 0 Å². The van der Waals surface area contributed by atoms with Gasteiger partial charge in [0.05, 0.1) is 17.4 Å². The molecule has 0 amide bonds. The maximum absolute atomic E-state index is 6.17. The number of hydrogen-bond acceptors (Lipinski definition) is 4. The molecule has 0 spiro atoms. The molecule has 0 aliphatic heterocycles. The zero-order chi connectivity index (χ0) is 17.1. The number of fused-ring (bicyclic) bond motifs is 1. The molecule has 0 radical (unpaired) electrons. The lowest BCUT2D eigenvalue weighted by molar-refractivity contribution is 0.586. The topological polar surface area (TPSA) is 55.1 Å². The lowest BCUT2D eigenvalue weighted by Crippen LogP contribution is -2.23. The van der Waals surface area contributed by atoms with Crippen LogP contribution in [0.5, 0.6) is 0 Å². The lowest BCUT2D eigenvalue weighted by atomic mass is 10.0. The summed E-state index contributed by atoms with van der Waals surface area (Å²) in [5, 5.41) is 4.24. The third-order valence-corrected chi connectivity index (χ3v) is 4.17. The maximum Gasteiger partial charge on any atom is 0.233 e. The number of hydrogen-bond donors (Lipinski definition) is 1. The Morgan fingerprint density at radius 2 is 1.96 bits per heavy atom. The quantitative estimate of drug-likeness (QED) is 0.597. The van der Waals surface area contributed by atoms with E-state index in [-0.39, 0.29) is 6.04 Å². The molecule has 1 atom stereocenters. The Morgan fingerprint density at radius 1 is 1.04 bits per heavy atom. The van der Waals surface area contributed by atoms with Crippen LogP contribution >= 0.6 is 11.6 Å². The number of aromatic nitrogens is 4. The van der Waals surface area contributed by atoms with Crippen LogP contribution in [-0.2, 0) is 6.54 Å². The van der Waals surface area contributed by atoms with Crippen LogP contribution in [-0.4, -0.2) is 19.4 Å². The van der Waals surface area contributed by atoms with Gasteiger partial charge in [0, 0.05) is 36.4 Å². The predicted octanol–water partition coefficient (Wildman–Crippen LogP) is 3.66. The van der Waals surface area contributed by atoms with E-state index in [0.717, 1.165) is 17.0 Å². The molecule has 5 nitrogen and oxygen atoms in total. The van der Waals surface area contributed by atoms with Gasteiger partial charge in [0.1, 0.15) is 0 Å². The maximum atomic E-state index is 6.17. The summed E-state index contributed by atoms with van der Waals surface area (Å²) in [6.45, 7) is 0.594. The highest BCUT2D eigenvalue weighted by atomic mass is 35.5. The first-order valence-corrected chi connectivity index (χ1v) is 8.36. The SMILES string of the molecule is Clc1cccc(C(NCc2cn3cccnc3n2)c2ccccn2)c1. The predicted molar refractivity (Wildman–Crippen MR) is 97.4 cm³/mol. The Hall–Kier alpha value is -2.76. The Labute approximate surface area is 150 Å². The van der Waals surface area contributed by atoms with Crippen LogP contribution in [0.2, 0.25) is 5.02 Å². The van der Waals surface area contributed by atoms with Gasteiger partial charge in [-0.3, -0.25) is 14.7 Å². The molecular formula is C19H16ClN5. The molecule has 4 rings (SSSR count). The molecule has 4 aromatic rings. The molecule has 3 aromatic heterocycles. The van der Waals surface area contributed by atoms with Crippen molar-refractivity contribution in [2.45, 2.75) is 12.6 Å². The van der Waals surface area contributed by atoms with E-state index in [4.69, 9.17) is 11.6 Å².